The van der Waals surface area contributed by atoms with E-state index in [9.17, 15) is 4.79 Å². The van der Waals surface area contributed by atoms with E-state index in [2.05, 4.69) is 13.8 Å². The minimum Gasteiger partial charge on any atom is -0.461 e. The van der Waals surface area contributed by atoms with Crippen molar-refractivity contribution in [3.8, 4) is 0 Å². The highest BCUT2D eigenvalue weighted by Crippen LogP contribution is 2.30. The fraction of sp³-hybridized carbons (Fsp3) is 0.923. The number of hydrogen-bond donors (Lipinski definition) is 0. The Morgan fingerprint density at radius 2 is 1.75 bits per heavy atom. The number of rotatable bonds is 4. The second-order valence-corrected chi connectivity index (χ2v) is 5.39. The first-order chi connectivity index (χ1) is 7.47. The fourth-order valence-corrected chi connectivity index (χ4v) is 2.49. The average molecular weight is 228 g/mol. The average Bonchev–Trinajstić information content (AvgIpc) is 2.12. The van der Waals surface area contributed by atoms with Crippen LogP contribution in [0.25, 0.3) is 0 Å². The van der Waals surface area contributed by atoms with E-state index in [0.29, 0.717) is 11.8 Å². The molecule has 1 fully saturated rings. The number of hydrogen-bond acceptors (Lipinski definition) is 3. The van der Waals surface area contributed by atoms with Gasteiger partial charge in [-0.2, -0.15) is 0 Å². The van der Waals surface area contributed by atoms with Crippen molar-refractivity contribution < 1.29 is 14.3 Å². The number of esters is 1. The molecule has 0 N–H and O–H groups in total. The Morgan fingerprint density at radius 3 is 2.25 bits per heavy atom. The van der Waals surface area contributed by atoms with Gasteiger partial charge in [-0.3, -0.25) is 0 Å². The molecule has 1 rings (SSSR count). The summed E-state index contributed by atoms with van der Waals surface area (Å²) in [6.45, 7) is 8.30. The van der Waals surface area contributed by atoms with Gasteiger partial charge in [-0.05, 0) is 44.9 Å². The van der Waals surface area contributed by atoms with Crippen LogP contribution in [0.5, 0.6) is 0 Å². The van der Waals surface area contributed by atoms with Crippen LogP contribution in [0.15, 0.2) is 0 Å². The normalized spacial score (nSPS) is 30.4. The quantitative estimate of drug-likeness (QED) is 0.694. The predicted molar refractivity (Wildman–Crippen MR) is 63.1 cm³/mol. The van der Waals surface area contributed by atoms with E-state index in [1.807, 2.05) is 13.8 Å². The summed E-state index contributed by atoms with van der Waals surface area (Å²) < 4.78 is 10.6. The molecule has 0 saturated heterocycles. The van der Waals surface area contributed by atoms with Gasteiger partial charge < -0.3 is 9.47 Å². The smallest absolute Gasteiger partial charge is 0.332 e. The molecule has 0 radical (unpaired) electrons. The molecule has 2 atom stereocenters. The van der Waals surface area contributed by atoms with E-state index in [1.54, 1.807) is 0 Å². The van der Waals surface area contributed by atoms with Gasteiger partial charge in [0, 0.05) is 0 Å². The summed E-state index contributed by atoms with van der Waals surface area (Å²) in [7, 11) is 0. The highest BCUT2D eigenvalue weighted by atomic mass is 16.6. The Bertz CT molecular complexity index is 215. The second-order valence-electron chi connectivity index (χ2n) is 5.39. The van der Waals surface area contributed by atoms with Crippen LogP contribution < -0.4 is 0 Å². The minimum absolute atomic E-state index is 0.0553. The lowest BCUT2D eigenvalue weighted by Gasteiger charge is -2.31. The molecule has 3 heteroatoms. The van der Waals surface area contributed by atoms with Crippen LogP contribution in [0.2, 0.25) is 0 Å². The van der Waals surface area contributed by atoms with Crippen LogP contribution in [0, 0.1) is 11.8 Å². The van der Waals surface area contributed by atoms with Crippen molar-refractivity contribution in [1.82, 2.24) is 0 Å². The Kier molecular flexibility index (Phi) is 5.26. The third kappa shape index (κ3) is 4.97. The molecule has 0 bridgehead atoms. The van der Waals surface area contributed by atoms with Crippen molar-refractivity contribution in [2.24, 2.45) is 11.8 Å². The lowest BCUT2D eigenvalue weighted by Crippen LogP contribution is -2.29. The number of carbonyl (C=O) groups excluding carboxylic acids is 1. The van der Waals surface area contributed by atoms with Crippen LogP contribution >= 0.6 is 0 Å². The van der Waals surface area contributed by atoms with Crippen LogP contribution in [-0.2, 0) is 14.3 Å². The summed E-state index contributed by atoms with van der Waals surface area (Å²) in [4.78, 5) is 11.3. The van der Waals surface area contributed by atoms with Crippen molar-refractivity contribution >= 4 is 5.97 Å². The summed E-state index contributed by atoms with van der Waals surface area (Å²) in [6.07, 6.45) is 3.59. The molecule has 0 aliphatic heterocycles. The maximum atomic E-state index is 11.3. The zero-order chi connectivity index (χ0) is 12.1. The van der Waals surface area contributed by atoms with Gasteiger partial charge in [0.1, 0.15) is 6.61 Å². The maximum Gasteiger partial charge on any atom is 0.332 e. The predicted octanol–water partition coefficient (Wildman–Crippen LogP) is 2.78. The summed E-state index contributed by atoms with van der Waals surface area (Å²) in [5, 5.41) is 0. The molecule has 16 heavy (non-hydrogen) atoms. The molecule has 94 valence electrons. The monoisotopic (exact) mass is 228 g/mol. The molecule has 0 aromatic heterocycles. The topological polar surface area (TPSA) is 35.5 Å². The lowest BCUT2D eigenvalue weighted by molar-refractivity contribution is -0.156. The summed E-state index contributed by atoms with van der Waals surface area (Å²) in [5.74, 6) is 1.16. The van der Waals surface area contributed by atoms with Gasteiger partial charge in [-0.25, -0.2) is 4.79 Å². The number of carbonyl (C=O) groups is 1. The van der Waals surface area contributed by atoms with Gasteiger partial charge in [-0.1, -0.05) is 13.8 Å². The van der Waals surface area contributed by atoms with Gasteiger partial charge >= 0.3 is 5.97 Å². The van der Waals surface area contributed by atoms with Gasteiger partial charge in [0.25, 0.3) is 0 Å². The first-order valence-electron chi connectivity index (χ1n) is 6.28. The molecule has 0 spiro atoms. The van der Waals surface area contributed by atoms with Crippen molar-refractivity contribution in [2.75, 3.05) is 6.61 Å². The van der Waals surface area contributed by atoms with Crippen LogP contribution in [-0.4, -0.2) is 24.8 Å². The highest BCUT2D eigenvalue weighted by molar-refractivity contribution is 5.70. The SMILES string of the molecule is CC1CC(C)CC(OCC(=O)OC(C)C)C1. The van der Waals surface area contributed by atoms with Gasteiger partial charge in [-0.15, -0.1) is 0 Å². The third-order valence-corrected chi connectivity index (χ3v) is 2.94. The lowest BCUT2D eigenvalue weighted by atomic mass is 9.82. The molecule has 2 unspecified atom stereocenters. The Balaban J connectivity index is 2.24. The summed E-state index contributed by atoms with van der Waals surface area (Å²) >= 11 is 0. The standard InChI is InChI=1S/C13H24O3/c1-9(2)16-13(14)8-15-12-6-10(3)5-11(4)7-12/h9-12H,5-8H2,1-4H3. The molecular formula is C13H24O3. The maximum absolute atomic E-state index is 11.3. The fourth-order valence-electron chi connectivity index (χ4n) is 2.49. The zero-order valence-corrected chi connectivity index (χ0v) is 10.9. The van der Waals surface area contributed by atoms with Crippen molar-refractivity contribution in [1.29, 1.82) is 0 Å². The van der Waals surface area contributed by atoms with E-state index in [4.69, 9.17) is 9.47 Å². The number of ether oxygens (including phenoxy) is 2. The molecule has 0 amide bonds. The molecule has 0 aromatic rings. The molecule has 1 saturated carbocycles. The Hall–Kier alpha value is -0.570. The molecule has 0 aromatic carbocycles. The van der Waals surface area contributed by atoms with Crippen LogP contribution in [0.4, 0.5) is 0 Å². The molecule has 3 nitrogen and oxygen atoms in total. The largest absolute Gasteiger partial charge is 0.461 e. The molecule has 1 aliphatic rings. The highest BCUT2D eigenvalue weighted by Gasteiger charge is 2.25. The Labute approximate surface area is 98.5 Å². The van der Waals surface area contributed by atoms with E-state index in [-0.39, 0.29) is 24.8 Å². The van der Waals surface area contributed by atoms with Crippen molar-refractivity contribution in [2.45, 2.75) is 59.2 Å². The minimum atomic E-state index is -0.249. The van der Waals surface area contributed by atoms with Crippen LogP contribution in [0.3, 0.4) is 0 Å². The van der Waals surface area contributed by atoms with E-state index < -0.39 is 0 Å². The first-order valence-corrected chi connectivity index (χ1v) is 6.28. The first kappa shape index (κ1) is 13.5. The van der Waals surface area contributed by atoms with Gasteiger partial charge in [0.15, 0.2) is 0 Å². The molecular weight excluding hydrogens is 204 g/mol. The zero-order valence-electron chi connectivity index (χ0n) is 10.9. The van der Waals surface area contributed by atoms with Crippen molar-refractivity contribution in [3.05, 3.63) is 0 Å². The third-order valence-electron chi connectivity index (χ3n) is 2.94. The molecule has 0 heterocycles. The second kappa shape index (κ2) is 6.24. The van der Waals surface area contributed by atoms with E-state index >= 15 is 0 Å². The van der Waals surface area contributed by atoms with Crippen molar-refractivity contribution in [3.63, 3.8) is 0 Å². The Morgan fingerprint density at radius 1 is 1.19 bits per heavy atom. The summed E-state index contributed by atoms with van der Waals surface area (Å²) in [5.41, 5.74) is 0. The van der Waals surface area contributed by atoms with E-state index in [0.717, 1.165) is 12.8 Å². The van der Waals surface area contributed by atoms with Crippen LogP contribution in [0.1, 0.15) is 47.0 Å². The summed E-state index contributed by atoms with van der Waals surface area (Å²) in [6, 6.07) is 0. The molecule has 1 aliphatic carbocycles. The van der Waals surface area contributed by atoms with Gasteiger partial charge in [0.2, 0.25) is 0 Å². The van der Waals surface area contributed by atoms with E-state index in [1.165, 1.54) is 6.42 Å². The van der Waals surface area contributed by atoms with Gasteiger partial charge in [0.05, 0.1) is 12.2 Å².